The number of nitrogens with zero attached hydrogens (tertiary/aromatic N) is 2. The average Bonchev–Trinajstić information content (AvgIpc) is 3.21. The lowest BCUT2D eigenvalue weighted by molar-refractivity contribution is 0.0728. The van der Waals surface area contributed by atoms with E-state index in [1.165, 1.54) is 17.4 Å². The molecule has 0 fully saturated rings. The van der Waals surface area contributed by atoms with E-state index in [0.29, 0.717) is 36.2 Å². The van der Waals surface area contributed by atoms with Crippen molar-refractivity contribution in [3.05, 3.63) is 77.0 Å². The maximum Gasteiger partial charge on any atom is 0.276 e. The molecule has 0 aliphatic carbocycles. The summed E-state index contributed by atoms with van der Waals surface area (Å²) in [6.07, 6.45) is 2.25. The van der Waals surface area contributed by atoms with Crippen molar-refractivity contribution in [1.29, 1.82) is 0 Å². The summed E-state index contributed by atoms with van der Waals surface area (Å²) in [5, 5.41) is 0. The Kier molecular flexibility index (Phi) is 5.02. The normalized spacial score (nSPS) is 13.1. The number of methoxy groups -OCH3 is 1. The highest BCUT2D eigenvalue weighted by Gasteiger charge is 2.24. The van der Waals surface area contributed by atoms with Gasteiger partial charge in [0.1, 0.15) is 6.26 Å². The van der Waals surface area contributed by atoms with E-state index >= 15 is 0 Å². The third kappa shape index (κ3) is 3.71. The third-order valence-corrected chi connectivity index (χ3v) is 4.86. The lowest BCUT2D eigenvalue weighted by atomic mass is 10.00. The van der Waals surface area contributed by atoms with Crippen molar-refractivity contribution in [1.82, 2.24) is 9.88 Å². The minimum absolute atomic E-state index is 0.121. The van der Waals surface area contributed by atoms with Crippen molar-refractivity contribution in [2.75, 3.05) is 13.7 Å². The highest BCUT2D eigenvalue weighted by atomic mass is 16.5. The summed E-state index contributed by atoms with van der Waals surface area (Å²) < 4.78 is 16.5. The van der Waals surface area contributed by atoms with Crippen LogP contribution < -0.4 is 9.47 Å². The van der Waals surface area contributed by atoms with E-state index in [9.17, 15) is 4.79 Å². The molecule has 28 heavy (non-hydrogen) atoms. The summed E-state index contributed by atoms with van der Waals surface area (Å²) in [4.78, 5) is 18.9. The average molecular weight is 378 g/mol. The zero-order valence-corrected chi connectivity index (χ0v) is 16.0. The Morgan fingerprint density at radius 2 is 2.00 bits per heavy atom. The van der Waals surface area contributed by atoms with E-state index in [1.54, 1.807) is 12.0 Å². The topological polar surface area (TPSA) is 64.8 Å². The van der Waals surface area contributed by atoms with E-state index in [0.717, 1.165) is 12.0 Å². The predicted octanol–water partition coefficient (Wildman–Crippen LogP) is 3.77. The molecule has 6 nitrogen and oxygen atoms in total. The van der Waals surface area contributed by atoms with E-state index in [4.69, 9.17) is 13.9 Å². The van der Waals surface area contributed by atoms with E-state index in [-0.39, 0.29) is 12.5 Å². The minimum Gasteiger partial charge on any atom is -0.493 e. The quantitative estimate of drug-likeness (QED) is 0.676. The van der Waals surface area contributed by atoms with Gasteiger partial charge in [-0.2, -0.15) is 0 Å². The number of hydrogen-bond donors (Lipinski definition) is 0. The summed E-state index contributed by atoms with van der Waals surface area (Å²) in [5.41, 5.74) is 3.86. The summed E-state index contributed by atoms with van der Waals surface area (Å²) in [6.45, 7) is 3.37. The molecule has 0 spiro atoms. The largest absolute Gasteiger partial charge is 0.493 e. The minimum atomic E-state index is -0.127. The molecule has 0 radical (unpaired) electrons. The summed E-state index contributed by atoms with van der Waals surface area (Å²) in [5.74, 6) is 1.47. The van der Waals surface area contributed by atoms with Gasteiger partial charge in [0.25, 0.3) is 5.91 Å². The molecular weight excluding hydrogens is 356 g/mol. The molecule has 3 aromatic rings. The van der Waals surface area contributed by atoms with Gasteiger partial charge in [-0.3, -0.25) is 4.79 Å². The molecule has 2 heterocycles. The number of hydrogen-bond acceptors (Lipinski definition) is 5. The SMILES string of the molecule is COc1cc(C)ccc1OCc1nc(C(=O)N2CCc3ccccc3C2)co1. The van der Waals surface area contributed by atoms with Crippen molar-refractivity contribution >= 4 is 5.91 Å². The maximum absolute atomic E-state index is 12.8. The maximum atomic E-state index is 12.8. The first-order valence-corrected chi connectivity index (χ1v) is 9.22. The van der Waals surface area contributed by atoms with Crippen molar-refractivity contribution in [2.45, 2.75) is 26.5 Å². The van der Waals surface area contributed by atoms with Gasteiger partial charge in [-0.1, -0.05) is 30.3 Å². The lowest BCUT2D eigenvalue weighted by Crippen LogP contribution is -2.36. The van der Waals surface area contributed by atoms with Crippen LogP contribution in [0.25, 0.3) is 0 Å². The van der Waals surface area contributed by atoms with Crippen molar-refractivity contribution in [3.63, 3.8) is 0 Å². The number of rotatable bonds is 5. The van der Waals surface area contributed by atoms with E-state index in [1.807, 2.05) is 37.3 Å². The van der Waals surface area contributed by atoms with Gasteiger partial charge in [-0.05, 0) is 42.2 Å². The molecule has 2 aromatic carbocycles. The van der Waals surface area contributed by atoms with Crippen molar-refractivity contribution < 1.29 is 18.7 Å². The molecule has 1 aromatic heterocycles. The molecule has 1 aliphatic rings. The number of ether oxygens (including phenoxy) is 2. The zero-order valence-electron chi connectivity index (χ0n) is 16.0. The molecule has 4 rings (SSSR count). The van der Waals surface area contributed by atoms with Gasteiger partial charge in [0.05, 0.1) is 7.11 Å². The van der Waals surface area contributed by atoms with Crippen molar-refractivity contribution in [2.24, 2.45) is 0 Å². The number of aryl methyl sites for hydroxylation is 1. The molecule has 0 bridgehead atoms. The molecule has 0 saturated carbocycles. The Labute approximate surface area is 163 Å². The van der Waals surface area contributed by atoms with Crippen LogP contribution in [-0.4, -0.2) is 29.4 Å². The van der Waals surface area contributed by atoms with Gasteiger partial charge in [-0.15, -0.1) is 0 Å². The lowest BCUT2D eigenvalue weighted by Gasteiger charge is -2.28. The van der Waals surface area contributed by atoms with Crippen molar-refractivity contribution in [3.8, 4) is 11.5 Å². The van der Waals surface area contributed by atoms with Gasteiger partial charge in [0.15, 0.2) is 23.8 Å². The van der Waals surface area contributed by atoms with E-state index in [2.05, 4.69) is 17.1 Å². The predicted molar refractivity (Wildman–Crippen MR) is 103 cm³/mol. The molecule has 0 atom stereocenters. The second-order valence-electron chi connectivity index (χ2n) is 6.81. The van der Waals surface area contributed by atoms with E-state index < -0.39 is 0 Å². The Morgan fingerprint density at radius 1 is 1.18 bits per heavy atom. The van der Waals surface area contributed by atoms with Crippen LogP contribution in [0.5, 0.6) is 11.5 Å². The fraction of sp³-hybridized carbons (Fsp3) is 0.273. The van der Waals surface area contributed by atoms with Crippen LogP contribution in [-0.2, 0) is 19.6 Å². The number of aromatic nitrogens is 1. The molecule has 1 aliphatic heterocycles. The number of fused-ring (bicyclic) bond motifs is 1. The molecule has 1 amide bonds. The molecular formula is C22H22N2O4. The smallest absolute Gasteiger partial charge is 0.276 e. The fourth-order valence-electron chi connectivity index (χ4n) is 3.34. The van der Waals surface area contributed by atoms with Crippen LogP contribution in [0, 0.1) is 6.92 Å². The summed E-state index contributed by atoms with van der Waals surface area (Å²) >= 11 is 0. The number of carbonyl (C=O) groups is 1. The van der Waals surface area contributed by atoms with Gasteiger partial charge in [-0.25, -0.2) is 4.98 Å². The van der Waals surface area contributed by atoms with Gasteiger partial charge >= 0.3 is 0 Å². The first-order chi connectivity index (χ1) is 13.6. The Morgan fingerprint density at radius 3 is 2.82 bits per heavy atom. The fourth-order valence-corrected chi connectivity index (χ4v) is 3.34. The molecule has 144 valence electrons. The molecule has 0 N–H and O–H groups in total. The molecule has 0 saturated heterocycles. The number of benzene rings is 2. The Balaban J connectivity index is 1.41. The Bertz CT molecular complexity index is 996. The second kappa shape index (κ2) is 7.76. The number of oxazole rings is 1. The van der Waals surface area contributed by atoms with Gasteiger partial charge in [0, 0.05) is 13.1 Å². The highest BCUT2D eigenvalue weighted by molar-refractivity contribution is 5.92. The molecule has 0 unspecified atom stereocenters. The van der Waals surface area contributed by atoms with Crippen LogP contribution in [0.15, 0.2) is 53.1 Å². The Hall–Kier alpha value is -3.28. The monoisotopic (exact) mass is 378 g/mol. The number of amides is 1. The zero-order chi connectivity index (χ0) is 19.5. The first-order valence-electron chi connectivity index (χ1n) is 9.22. The first kappa shape index (κ1) is 18.1. The summed E-state index contributed by atoms with van der Waals surface area (Å²) in [7, 11) is 1.60. The third-order valence-electron chi connectivity index (χ3n) is 4.86. The van der Waals surface area contributed by atoms with Crippen LogP contribution in [0.4, 0.5) is 0 Å². The molecule has 6 heteroatoms. The van der Waals surface area contributed by atoms with Gasteiger partial charge in [0.2, 0.25) is 5.89 Å². The second-order valence-corrected chi connectivity index (χ2v) is 6.81. The number of carbonyl (C=O) groups excluding carboxylic acids is 1. The summed E-state index contributed by atoms with van der Waals surface area (Å²) in [6, 6.07) is 13.9. The van der Waals surface area contributed by atoms with Crippen LogP contribution >= 0.6 is 0 Å². The van der Waals surface area contributed by atoms with Crippen LogP contribution in [0.2, 0.25) is 0 Å². The van der Waals surface area contributed by atoms with Gasteiger partial charge < -0.3 is 18.8 Å². The van der Waals surface area contributed by atoms with Crippen LogP contribution in [0.1, 0.15) is 33.1 Å². The van der Waals surface area contributed by atoms with Crippen LogP contribution in [0.3, 0.4) is 0 Å². The standard InChI is InChI=1S/C22H22N2O4/c1-15-7-8-19(20(11-15)26-2)27-14-21-23-18(13-28-21)22(25)24-10-9-16-5-3-4-6-17(16)12-24/h3-8,11,13H,9-10,12,14H2,1-2H3. The highest BCUT2D eigenvalue weighted by Crippen LogP contribution is 2.28.